The Morgan fingerprint density at radius 1 is 0.735 bits per heavy atom. The number of carboxylic acid groups (broad SMARTS) is 1. The highest BCUT2D eigenvalue weighted by molar-refractivity contribution is 5.91. The van der Waals surface area contributed by atoms with E-state index in [2.05, 4.69) is 11.7 Å². The van der Waals surface area contributed by atoms with E-state index >= 15 is 0 Å². The maximum Gasteiger partial charge on any atom is 0.373 e. The number of rotatable bonds is 13. The number of hydrogen-bond donors (Lipinski definition) is 1. The molecular weight excluding hydrogens is 432 g/mol. The number of carbonyl (C=O) groups excluding carboxylic acids is 1. The van der Waals surface area contributed by atoms with Gasteiger partial charge >= 0.3 is 11.9 Å². The topological polar surface area (TPSA) is 82.1 Å². The van der Waals surface area contributed by atoms with Gasteiger partial charge in [-0.2, -0.15) is 0 Å². The van der Waals surface area contributed by atoms with Crippen LogP contribution in [0.3, 0.4) is 0 Å². The normalized spacial score (nSPS) is 11.1. The van der Waals surface area contributed by atoms with Crippen LogP contribution in [0.5, 0.6) is 0 Å². The molecule has 0 atom stereocenters. The average Bonchev–Trinajstić information content (AvgIpc) is 2.86. The first kappa shape index (κ1) is 28.5. The lowest BCUT2D eigenvalue weighted by Crippen LogP contribution is -2.10. The molecule has 6 nitrogen and oxygen atoms in total. The smallest absolute Gasteiger partial charge is 0.373 e. The van der Waals surface area contributed by atoms with E-state index in [9.17, 15) is 9.59 Å². The Bertz CT molecular complexity index is 888. The van der Waals surface area contributed by atoms with Crippen LogP contribution < -0.4 is 0 Å². The highest BCUT2D eigenvalue weighted by atomic mass is 16.6. The van der Waals surface area contributed by atoms with Crippen LogP contribution in [0.25, 0.3) is 12.2 Å². The summed E-state index contributed by atoms with van der Waals surface area (Å²) in [6, 6.07) is 18.7. The summed E-state index contributed by atoms with van der Waals surface area (Å²) in [6.07, 6.45) is 10.2. The molecular formula is C28H36O6. The molecule has 1 N–H and O–H groups in total. The number of carbonyl (C=O) groups is 2. The van der Waals surface area contributed by atoms with Crippen molar-refractivity contribution in [1.82, 2.24) is 0 Å². The lowest BCUT2D eigenvalue weighted by molar-refractivity contribution is -0.142. The fourth-order valence-corrected chi connectivity index (χ4v) is 2.93. The standard InChI is InChI=1S/C18H26O3.C10H10O3/c1-3-4-5-6-7-11-14-21-18(19)17(20-2)15-16-12-9-8-10-13-16;1-13-9(10(11)12)7-8-5-3-2-4-6-8/h8-10,12-13,15H,3-7,11,14H2,1-2H3;2-7H,1H3,(H,11,12). The van der Waals surface area contributed by atoms with Gasteiger partial charge in [0.15, 0.2) is 0 Å². The molecule has 0 fully saturated rings. The number of unbranched alkanes of at least 4 members (excludes halogenated alkanes) is 5. The highest BCUT2D eigenvalue weighted by Gasteiger charge is 2.11. The largest absolute Gasteiger partial charge is 0.490 e. The van der Waals surface area contributed by atoms with Gasteiger partial charge in [0.2, 0.25) is 11.5 Å². The first-order valence-electron chi connectivity index (χ1n) is 11.5. The van der Waals surface area contributed by atoms with Crippen LogP contribution in [0.4, 0.5) is 0 Å². The van der Waals surface area contributed by atoms with Crippen molar-refractivity contribution in [2.24, 2.45) is 0 Å². The summed E-state index contributed by atoms with van der Waals surface area (Å²) in [4.78, 5) is 22.4. The van der Waals surface area contributed by atoms with E-state index < -0.39 is 11.9 Å². The van der Waals surface area contributed by atoms with Crippen molar-refractivity contribution < 1.29 is 28.9 Å². The third kappa shape index (κ3) is 12.5. The summed E-state index contributed by atoms with van der Waals surface area (Å²) in [5, 5.41) is 8.64. The monoisotopic (exact) mass is 468 g/mol. The minimum atomic E-state index is -1.06. The number of carboxylic acids is 1. The van der Waals surface area contributed by atoms with Crippen molar-refractivity contribution in [2.45, 2.75) is 45.4 Å². The zero-order valence-corrected chi connectivity index (χ0v) is 20.4. The molecule has 0 aliphatic heterocycles. The molecule has 184 valence electrons. The zero-order valence-electron chi connectivity index (χ0n) is 20.4. The van der Waals surface area contributed by atoms with Gasteiger partial charge in [-0.05, 0) is 29.7 Å². The minimum Gasteiger partial charge on any atom is -0.490 e. The van der Waals surface area contributed by atoms with Gasteiger partial charge in [0.1, 0.15) is 0 Å². The lowest BCUT2D eigenvalue weighted by atomic mass is 10.1. The number of hydrogen-bond acceptors (Lipinski definition) is 5. The predicted octanol–water partition coefficient (Wildman–Crippen LogP) is 6.34. The predicted molar refractivity (Wildman–Crippen MR) is 135 cm³/mol. The Morgan fingerprint density at radius 2 is 1.21 bits per heavy atom. The molecule has 2 rings (SSSR count). The van der Waals surface area contributed by atoms with Crippen molar-refractivity contribution in [1.29, 1.82) is 0 Å². The fourth-order valence-electron chi connectivity index (χ4n) is 2.93. The molecule has 0 saturated heterocycles. The Morgan fingerprint density at radius 3 is 1.68 bits per heavy atom. The number of ether oxygens (including phenoxy) is 3. The fraction of sp³-hybridized carbons (Fsp3) is 0.357. The van der Waals surface area contributed by atoms with Crippen LogP contribution in [0.2, 0.25) is 0 Å². The first-order valence-corrected chi connectivity index (χ1v) is 11.5. The Balaban J connectivity index is 0.000000380. The molecule has 0 aliphatic rings. The Hall–Kier alpha value is -3.54. The van der Waals surface area contributed by atoms with Crippen LogP contribution >= 0.6 is 0 Å². The van der Waals surface area contributed by atoms with Crippen LogP contribution in [-0.2, 0) is 23.8 Å². The molecule has 2 aromatic carbocycles. The summed E-state index contributed by atoms with van der Waals surface area (Å²) in [7, 11) is 2.82. The maximum absolute atomic E-state index is 11.9. The summed E-state index contributed by atoms with van der Waals surface area (Å²) in [5.74, 6) is -1.28. The SMILES string of the molecule is CCCCCCCCOC(=O)C(=Cc1ccccc1)OC.COC(=Cc1ccccc1)C(=O)O. The highest BCUT2D eigenvalue weighted by Crippen LogP contribution is 2.10. The van der Waals surface area contributed by atoms with Gasteiger partial charge in [-0.25, -0.2) is 9.59 Å². The van der Waals surface area contributed by atoms with Crippen LogP contribution in [0.15, 0.2) is 72.2 Å². The maximum atomic E-state index is 11.9. The van der Waals surface area contributed by atoms with Gasteiger partial charge < -0.3 is 19.3 Å². The van der Waals surface area contributed by atoms with E-state index in [1.54, 1.807) is 6.08 Å². The molecule has 6 heteroatoms. The summed E-state index contributed by atoms with van der Waals surface area (Å²) < 4.78 is 15.0. The van der Waals surface area contributed by atoms with E-state index in [-0.39, 0.29) is 11.5 Å². The minimum absolute atomic E-state index is 0.0637. The second-order valence-electron chi connectivity index (χ2n) is 7.46. The van der Waals surface area contributed by atoms with E-state index in [1.165, 1.54) is 46.0 Å². The van der Waals surface area contributed by atoms with Gasteiger partial charge in [-0.15, -0.1) is 0 Å². The van der Waals surface area contributed by atoms with Crippen LogP contribution in [-0.4, -0.2) is 37.9 Å². The van der Waals surface area contributed by atoms with Crippen LogP contribution in [0, 0.1) is 0 Å². The van der Waals surface area contributed by atoms with Gasteiger partial charge in [0, 0.05) is 0 Å². The quantitative estimate of drug-likeness (QED) is 0.160. The lowest BCUT2D eigenvalue weighted by Gasteiger charge is -2.07. The molecule has 0 aliphatic carbocycles. The van der Waals surface area contributed by atoms with E-state index in [1.807, 2.05) is 60.7 Å². The average molecular weight is 469 g/mol. The Labute approximate surface area is 202 Å². The van der Waals surface area contributed by atoms with E-state index in [4.69, 9.17) is 14.6 Å². The van der Waals surface area contributed by atoms with Crippen molar-refractivity contribution >= 4 is 24.1 Å². The van der Waals surface area contributed by atoms with Crippen LogP contribution in [0.1, 0.15) is 56.6 Å². The third-order valence-electron chi connectivity index (χ3n) is 4.78. The van der Waals surface area contributed by atoms with Gasteiger partial charge in [0.25, 0.3) is 0 Å². The molecule has 34 heavy (non-hydrogen) atoms. The zero-order chi connectivity index (χ0) is 25.0. The Kier molecular flexibility index (Phi) is 15.0. The summed E-state index contributed by atoms with van der Waals surface area (Å²) >= 11 is 0. The molecule has 0 radical (unpaired) electrons. The summed E-state index contributed by atoms with van der Waals surface area (Å²) in [5.41, 5.74) is 1.73. The molecule has 0 unspecified atom stereocenters. The first-order chi connectivity index (χ1) is 16.5. The second kappa shape index (κ2) is 18.0. The number of methoxy groups -OCH3 is 2. The van der Waals surface area contributed by atoms with Crippen molar-refractivity contribution in [3.8, 4) is 0 Å². The molecule has 0 aromatic heterocycles. The molecule has 0 spiro atoms. The molecule has 2 aromatic rings. The number of benzene rings is 2. The third-order valence-corrected chi connectivity index (χ3v) is 4.78. The van der Waals surface area contributed by atoms with E-state index in [0.29, 0.717) is 6.61 Å². The molecule has 0 saturated carbocycles. The molecule has 0 heterocycles. The van der Waals surface area contributed by atoms with Gasteiger partial charge in [-0.3, -0.25) is 0 Å². The molecule has 0 bridgehead atoms. The molecule has 0 amide bonds. The number of esters is 1. The second-order valence-corrected chi connectivity index (χ2v) is 7.46. The van der Waals surface area contributed by atoms with Gasteiger partial charge in [0.05, 0.1) is 20.8 Å². The van der Waals surface area contributed by atoms with Crippen molar-refractivity contribution in [3.05, 3.63) is 83.3 Å². The van der Waals surface area contributed by atoms with Crippen molar-refractivity contribution in [3.63, 3.8) is 0 Å². The summed E-state index contributed by atoms with van der Waals surface area (Å²) in [6.45, 7) is 2.66. The van der Waals surface area contributed by atoms with Gasteiger partial charge in [-0.1, -0.05) is 99.7 Å². The van der Waals surface area contributed by atoms with Crippen molar-refractivity contribution in [2.75, 3.05) is 20.8 Å². The number of aliphatic carboxylic acids is 1. The van der Waals surface area contributed by atoms with E-state index in [0.717, 1.165) is 24.0 Å².